The molecule has 0 fully saturated rings. The zero-order valence-corrected chi connectivity index (χ0v) is 17.5. The third kappa shape index (κ3) is 4.58. The molecule has 11 heteroatoms. The molecule has 144 valence electrons. The van der Waals surface area contributed by atoms with Gasteiger partial charge in [-0.05, 0) is 41.3 Å². The molecule has 2 aromatic heterocycles. The highest BCUT2D eigenvalue weighted by Gasteiger charge is 2.32. The average Bonchev–Trinajstić information content (AvgIpc) is 3.28. The number of hydrogen-bond donors (Lipinski definition) is 1. The van der Waals surface area contributed by atoms with Crippen LogP contribution in [0, 0.1) is 5.82 Å². The molecule has 3 aromatic rings. The second-order valence-electron chi connectivity index (χ2n) is 5.43. The number of sulfone groups is 1. The lowest BCUT2D eigenvalue weighted by Crippen LogP contribution is -2.31. The van der Waals surface area contributed by atoms with E-state index in [2.05, 4.69) is 4.72 Å². The minimum absolute atomic E-state index is 0.0149. The van der Waals surface area contributed by atoms with Crippen molar-refractivity contribution in [2.75, 3.05) is 6.54 Å². The van der Waals surface area contributed by atoms with Gasteiger partial charge in [-0.15, -0.1) is 22.7 Å². The lowest BCUT2D eigenvalue weighted by molar-refractivity contribution is 0.570. The number of nitrogens with one attached hydrogen (secondary N) is 1. The monoisotopic (exact) mass is 465 g/mol. The summed E-state index contributed by atoms with van der Waals surface area (Å²) in [5.41, 5.74) is 0.289. The lowest BCUT2D eigenvalue weighted by Gasteiger charge is -2.18. The molecule has 2 heterocycles. The van der Waals surface area contributed by atoms with Crippen molar-refractivity contribution < 1.29 is 21.2 Å². The highest BCUT2D eigenvalue weighted by Crippen LogP contribution is 2.32. The van der Waals surface area contributed by atoms with Crippen LogP contribution < -0.4 is 4.72 Å². The number of thiophene rings is 2. The van der Waals surface area contributed by atoms with Crippen LogP contribution in [0.25, 0.3) is 0 Å². The van der Waals surface area contributed by atoms with Gasteiger partial charge in [0, 0.05) is 6.54 Å². The third-order valence-electron chi connectivity index (χ3n) is 3.66. The first kappa shape index (κ1) is 20.4. The van der Waals surface area contributed by atoms with E-state index in [1.165, 1.54) is 30.3 Å². The first-order chi connectivity index (χ1) is 12.7. The van der Waals surface area contributed by atoms with Crippen LogP contribution in [-0.2, 0) is 19.9 Å². The Morgan fingerprint density at radius 3 is 2.26 bits per heavy atom. The Bertz CT molecular complexity index is 1120. The lowest BCUT2D eigenvalue weighted by atomic mass is 10.1. The van der Waals surface area contributed by atoms with E-state index in [1.54, 1.807) is 11.4 Å². The molecule has 0 amide bonds. The van der Waals surface area contributed by atoms with Gasteiger partial charge in [0.15, 0.2) is 9.84 Å². The van der Waals surface area contributed by atoms with Gasteiger partial charge in [-0.1, -0.05) is 29.8 Å². The van der Waals surface area contributed by atoms with Crippen LogP contribution in [-0.4, -0.2) is 23.4 Å². The Labute approximate surface area is 169 Å². The SMILES string of the molecule is O=S(=O)(NC[C@@H](c1ccc(F)cc1)S(=O)(=O)c1cccs1)c1ccc(Cl)s1. The van der Waals surface area contributed by atoms with Gasteiger partial charge in [0.2, 0.25) is 10.0 Å². The maximum atomic E-state index is 13.2. The first-order valence-electron chi connectivity index (χ1n) is 7.48. The molecule has 0 radical (unpaired) electrons. The molecule has 27 heavy (non-hydrogen) atoms. The molecule has 0 aliphatic carbocycles. The van der Waals surface area contributed by atoms with Crippen LogP contribution >= 0.6 is 34.3 Å². The van der Waals surface area contributed by atoms with E-state index in [1.807, 2.05) is 0 Å². The van der Waals surface area contributed by atoms with Gasteiger partial charge < -0.3 is 0 Å². The van der Waals surface area contributed by atoms with E-state index in [9.17, 15) is 21.2 Å². The molecule has 5 nitrogen and oxygen atoms in total. The molecule has 0 unspecified atom stereocenters. The van der Waals surface area contributed by atoms with Crippen molar-refractivity contribution in [1.29, 1.82) is 0 Å². The van der Waals surface area contributed by atoms with Crippen LogP contribution in [0.3, 0.4) is 0 Å². The van der Waals surface area contributed by atoms with Crippen LogP contribution in [0.15, 0.2) is 62.3 Å². The fourth-order valence-corrected chi connectivity index (χ4v) is 7.90. The maximum Gasteiger partial charge on any atom is 0.250 e. The van der Waals surface area contributed by atoms with Gasteiger partial charge in [0.25, 0.3) is 0 Å². The zero-order valence-electron chi connectivity index (χ0n) is 13.5. The van der Waals surface area contributed by atoms with Gasteiger partial charge in [0.1, 0.15) is 19.5 Å². The second-order valence-corrected chi connectivity index (χ2v) is 12.4. The topological polar surface area (TPSA) is 80.3 Å². The molecule has 0 saturated heterocycles. The average molecular weight is 466 g/mol. The molecule has 0 aliphatic rings. The van der Waals surface area contributed by atoms with Gasteiger partial charge in [-0.25, -0.2) is 25.9 Å². The van der Waals surface area contributed by atoms with E-state index < -0.39 is 37.5 Å². The summed E-state index contributed by atoms with van der Waals surface area (Å²) in [6.45, 7) is -0.399. The molecular weight excluding hydrogens is 453 g/mol. The van der Waals surface area contributed by atoms with Gasteiger partial charge in [-0.3, -0.25) is 0 Å². The summed E-state index contributed by atoms with van der Waals surface area (Å²) in [6.07, 6.45) is 0. The molecule has 1 aromatic carbocycles. The van der Waals surface area contributed by atoms with Crippen molar-refractivity contribution in [3.63, 3.8) is 0 Å². The Morgan fingerprint density at radius 1 is 1.00 bits per heavy atom. The van der Waals surface area contributed by atoms with Gasteiger partial charge >= 0.3 is 0 Å². The molecule has 1 atom stereocenters. The molecule has 0 bridgehead atoms. The van der Waals surface area contributed by atoms with E-state index in [0.29, 0.717) is 4.34 Å². The summed E-state index contributed by atoms with van der Waals surface area (Å²) < 4.78 is 66.8. The maximum absolute atomic E-state index is 13.2. The molecule has 0 aliphatic heterocycles. The van der Waals surface area contributed by atoms with Gasteiger partial charge in [-0.2, -0.15) is 0 Å². The predicted molar refractivity (Wildman–Crippen MR) is 105 cm³/mol. The minimum Gasteiger partial charge on any atom is -0.222 e. The number of rotatable bonds is 7. The highest BCUT2D eigenvalue weighted by atomic mass is 35.5. The Hall–Kier alpha value is -1.30. The quantitative estimate of drug-likeness (QED) is 0.569. The van der Waals surface area contributed by atoms with Crippen molar-refractivity contribution in [2.45, 2.75) is 13.7 Å². The molecular formula is C16H13ClFNO4S4. The van der Waals surface area contributed by atoms with Crippen molar-refractivity contribution in [2.24, 2.45) is 0 Å². The van der Waals surface area contributed by atoms with Crippen LogP contribution in [0.5, 0.6) is 0 Å². The number of halogens is 2. The minimum atomic E-state index is -3.93. The Morgan fingerprint density at radius 2 is 1.70 bits per heavy atom. The number of sulfonamides is 1. The molecule has 0 saturated carbocycles. The fourth-order valence-electron chi connectivity index (χ4n) is 2.35. The Kier molecular flexibility index (Phi) is 6.04. The smallest absolute Gasteiger partial charge is 0.222 e. The zero-order chi connectivity index (χ0) is 19.7. The standard InChI is InChI=1S/C16H13ClFNO4S4/c17-14-7-8-16(25-14)27(22,23)19-10-13(11-3-5-12(18)6-4-11)26(20,21)15-2-1-9-24-15/h1-9,13,19H,10H2/t13-/m0/s1. The first-order valence-corrected chi connectivity index (χ1v) is 12.6. The summed E-state index contributed by atoms with van der Waals surface area (Å²) in [6, 6.07) is 10.8. The largest absolute Gasteiger partial charge is 0.250 e. The van der Waals surface area contributed by atoms with Crippen molar-refractivity contribution in [3.8, 4) is 0 Å². The molecule has 1 N–H and O–H groups in total. The normalized spacial score (nSPS) is 13.6. The Balaban J connectivity index is 1.94. The highest BCUT2D eigenvalue weighted by molar-refractivity contribution is 7.94. The second kappa shape index (κ2) is 7.98. The van der Waals surface area contributed by atoms with Crippen LogP contribution in [0.1, 0.15) is 10.8 Å². The van der Waals surface area contributed by atoms with Crippen molar-refractivity contribution in [3.05, 3.63) is 69.6 Å². The van der Waals surface area contributed by atoms with E-state index in [0.717, 1.165) is 34.8 Å². The number of hydrogen-bond acceptors (Lipinski definition) is 6. The van der Waals surface area contributed by atoms with Crippen molar-refractivity contribution >= 4 is 54.1 Å². The summed E-state index contributed by atoms with van der Waals surface area (Å²) >= 11 is 7.68. The van der Waals surface area contributed by atoms with Crippen LogP contribution in [0.4, 0.5) is 4.39 Å². The van der Waals surface area contributed by atoms with E-state index >= 15 is 0 Å². The summed E-state index contributed by atoms with van der Waals surface area (Å²) in [4.78, 5) is 0. The van der Waals surface area contributed by atoms with E-state index in [4.69, 9.17) is 11.6 Å². The predicted octanol–water partition coefficient (Wildman–Crippen LogP) is 4.10. The van der Waals surface area contributed by atoms with E-state index in [-0.39, 0.29) is 14.0 Å². The van der Waals surface area contributed by atoms with Crippen molar-refractivity contribution in [1.82, 2.24) is 4.72 Å². The fraction of sp³-hybridized carbons (Fsp3) is 0.125. The summed E-state index contributed by atoms with van der Waals surface area (Å²) in [7, 11) is -7.81. The molecule has 0 spiro atoms. The number of benzene rings is 1. The summed E-state index contributed by atoms with van der Waals surface area (Å²) in [5.74, 6) is -0.514. The third-order valence-corrected chi connectivity index (χ3v) is 10.3. The summed E-state index contributed by atoms with van der Waals surface area (Å²) in [5, 5.41) is 0.411. The van der Waals surface area contributed by atoms with Crippen LogP contribution in [0.2, 0.25) is 4.34 Å². The molecule has 3 rings (SSSR count). The van der Waals surface area contributed by atoms with Gasteiger partial charge in [0.05, 0.1) is 4.34 Å².